The molecule has 1 unspecified atom stereocenters. The highest BCUT2D eigenvalue weighted by molar-refractivity contribution is 5.98. The minimum Gasteiger partial charge on any atom is -0.391 e. The molecule has 5 rings (SSSR count). The van der Waals surface area contributed by atoms with Crippen LogP contribution in [-0.2, 0) is 0 Å². The van der Waals surface area contributed by atoms with Crippen molar-refractivity contribution < 1.29 is 9.90 Å². The van der Waals surface area contributed by atoms with Crippen LogP contribution in [0.15, 0.2) is 72.1 Å². The molecule has 9 nitrogen and oxygen atoms in total. The van der Waals surface area contributed by atoms with Crippen molar-refractivity contribution in [2.45, 2.75) is 19.4 Å². The fraction of sp³-hybridized carbons (Fsp3) is 0.185. The van der Waals surface area contributed by atoms with Gasteiger partial charge in [0.05, 0.1) is 6.10 Å². The maximum Gasteiger partial charge on any atom is 0.270 e. The number of amides is 1. The average molecular weight is 482 g/mol. The predicted octanol–water partition coefficient (Wildman–Crippen LogP) is 4.14. The number of anilines is 2. The number of allylic oxidation sites excluding steroid dienone is 1. The van der Waals surface area contributed by atoms with Crippen molar-refractivity contribution in [1.82, 2.24) is 25.3 Å². The van der Waals surface area contributed by atoms with Crippen LogP contribution in [0.1, 0.15) is 29.4 Å². The molecule has 2 aromatic carbocycles. The maximum absolute atomic E-state index is 12.8. The fourth-order valence-corrected chi connectivity index (χ4v) is 4.24. The van der Waals surface area contributed by atoms with E-state index in [-0.39, 0.29) is 5.91 Å². The van der Waals surface area contributed by atoms with Gasteiger partial charge in [-0.2, -0.15) is 5.10 Å². The van der Waals surface area contributed by atoms with E-state index >= 15 is 0 Å². The molecule has 3 heterocycles. The van der Waals surface area contributed by atoms with E-state index in [1.807, 2.05) is 61.5 Å². The molecule has 182 valence electrons. The van der Waals surface area contributed by atoms with Gasteiger partial charge in [0.2, 0.25) is 0 Å². The molecule has 0 spiro atoms. The van der Waals surface area contributed by atoms with E-state index in [1.165, 1.54) is 0 Å². The minimum absolute atomic E-state index is 0.0999. The van der Waals surface area contributed by atoms with E-state index in [0.29, 0.717) is 36.8 Å². The van der Waals surface area contributed by atoms with Crippen molar-refractivity contribution in [2.75, 3.05) is 18.4 Å². The first-order chi connectivity index (χ1) is 17.5. The van der Waals surface area contributed by atoms with Crippen molar-refractivity contribution >= 4 is 40.6 Å². The second-order valence-corrected chi connectivity index (χ2v) is 8.76. The van der Waals surface area contributed by atoms with Crippen LogP contribution in [0.5, 0.6) is 0 Å². The quantitative estimate of drug-likeness (QED) is 0.233. The average Bonchev–Trinajstić information content (AvgIpc) is 3.53. The Balaban J connectivity index is 1.33. The van der Waals surface area contributed by atoms with Crippen LogP contribution in [0, 0.1) is 0 Å². The van der Waals surface area contributed by atoms with Gasteiger partial charge in [0.25, 0.3) is 5.91 Å². The number of rotatable bonds is 7. The summed E-state index contributed by atoms with van der Waals surface area (Å²) in [5.41, 5.74) is 7.94. The van der Waals surface area contributed by atoms with E-state index in [2.05, 4.69) is 37.5 Å². The monoisotopic (exact) mass is 481 g/mol. The summed E-state index contributed by atoms with van der Waals surface area (Å²) in [6.45, 7) is 6.34. The Bertz CT molecular complexity index is 1440. The molecule has 1 saturated heterocycles. The van der Waals surface area contributed by atoms with Gasteiger partial charge < -0.3 is 20.3 Å². The fourth-order valence-electron chi connectivity index (χ4n) is 4.24. The number of hydrazone groups is 1. The predicted molar refractivity (Wildman–Crippen MR) is 142 cm³/mol. The Labute approximate surface area is 208 Å². The molecule has 36 heavy (non-hydrogen) atoms. The second-order valence-electron chi connectivity index (χ2n) is 8.76. The van der Waals surface area contributed by atoms with Crippen molar-refractivity contribution in [1.29, 1.82) is 0 Å². The highest BCUT2D eigenvalue weighted by Crippen LogP contribution is 2.25. The number of aliphatic hydroxyl groups is 1. The van der Waals surface area contributed by atoms with Gasteiger partial charge in [-0.3, -0.25) is 10.2 Å². The first kappa shape index (κ1) is 23.3. The molecule has 1 aliphatic rings. The Morgan fingerprint density at radius 1 is 1.22 bits per heavy atom. The van der Waals surface area contributed by atoms with Gasteiger partial charge in [0.1, 0.15) is 11.5 Å². The summed E-state index contributed by atoms with van der Waals surface area (Å²) in [5.74, 6) is 1.15. The molecule has 1 aliphatic heterocycles. The first-order valence-corrected chi connectivity index (χ1v) is 11.7. The highest BCUT2D eigenvalue weighted by Gasteiger charge is 2.26. The summed E-state index contributed by atoms with van der Waals surface area (Å²) >= 11 is 0. The van der Waals surface area contributed by atoms with Gasteiger partial charge in [0.15, 0.2) is 5.82 Å². The number of fused-ring (bicyclic) bond motifs is 1. The van der Waals surface area contributed by atoms with E-state index in [1.54, 1.807) is 17.3 Å². The topological polar surface area (TPSA) is 119 Å². The van der Waals surface area contributed by atoms with E-state index < -0.39 is 6.10 Å². The highest BCUT2D eigenvalue weighted by atomic mass is 16.3. The first-order valence-electron chi connectivity index (χ1n) is 11.7. The molecule has 2 aromatic heterocycles. The standard InChI is InChI=1S/C27H27N7O2/c1-17(15-30-28-2)18-5-7-21(8-6-18)31-25-9-11-29-26(33-25)20-4-3-19-13-24(32-23(19)14-20)27(36)34-12-10-22(35)16-34/h3-9,11,13-15,22,30,32,35H,2,10,12,16H2,1H3,(H,29,31,33)/b17-15+. The Morgan fingerprint density at radius 2 is 2.06 bits per heavy atom. The van der Waals surface area contributed by atoms with Crippen LogP contribution in [0.3, 0.4) is 0 Å². The van der Waals surface area contributed by atoms with Crippen LogP contribution in [0.4, 0.5) is 11.5 Å². The van der Waals surface area contributed by atoms with Gasteiger partial charge in [-0.15, -0.1) is 0 Å². The lowest BCUT2D eigenvalue weighted by atomic mass is 10.1. The Hall–Kier alpha value is -4.50. The number of H-pyrrole nitrogens is 1. The second kappa shape index (κ2) is 10.0. The lowest BCUT2D eigenvalue weighted by Gasteiger charge is -2.13. The number of aromatic nitrogens is 3. The molecule has 0 radical (unpaired) electrons. The van der Waals surface area contributed by atoms with Crippen molar-refractivity contribution in [3.05, 3.63) is 78.3 Å². The molecular weight excluding hydrogens is 454 g/mol. The summed E-state index contributed by atoms with van der Waals surface area (Å²) in [4.78, 5) is 26.8. The van der Waals surface area contributed by atoms with Gasteiger partial charge in [-0.05, 0) is 54.8 Å². The zero-order valence-corrected chi connectivity index (χ0v) is 19.9. The number of likely N-dealkylation sites (tertiary alicyclic amines) is 1. The van der Waals surface area contributed by atoms with Crippen LogP contribution in [0.25, 0.3) is 27.9 Å². The molecule has 4 aromatic rings. The molecule has 0 aliphatic carbocycles. The molecule has 4 N–H and O–H groups in total. The normalized spacial score (nSPS) is 15.8. The number of benzene rings is 2. The number of aliphatic hydroxyl groups excluding tert-OH is 1. The van der Waals surface area contributed by atoms with Gasteiger partial charge in [-0.1, -0.05) is 24.3 Å². The number of carbonyl (C=O) groups excluding carboxylic acids is 1. The molecular formula is C27H27N7O2. The summed E-state index contributed by atoms with van der Waals surface area (Å²) in [6, 6.07) is 17.5. The van der Waals surface area contributed by atoms with Crippen LogP contribution in [-0.4, -0.2) is 56.8 Å². The van der Waals surface area contributed by atoms with Gasteiger partial charge in [0, 0.05) is 54.4 Å². The summed E-state index contributed by atoms with van der Waals surface area (Å²) < 4.78 is 0. The number of nitrogens with zero attached hydrogens (tertiary/aromatic N) is 4. The summed E-state index contributed by atoms with van der Waals surface area (Å²) in [6.07, 6.45) is 3.68. The van der Waals surface area contributed by atoms with Crippen molar-refractivity contribution in [2.24, 2.45) is 5.10 Å². The maximum atomic E-state index is 12.8. The van der Waals surface area contributed by atoms with E-state index in [0.717, 1.165) is 33.3 Å². The lowest BCUT2D eigenvalue weighted by molar-refractivity contribution is 0.0760. The molecule has 0 saturated carbocycles. The van der Waals surface area contributed by atoms with E-state index in [9.17, 15) is 9.90 Å². The summed E-state index contributed by atoms with van der Waals surface area (Å²) in [7, 11) is 0. The Morgan fingerprint density at radius 3 is 2.81 bits per heavy atom. The third-order valence-electron chi connectivity index (χ3n) is 6.20. The van der Waals surface area contributed by atoms with Crippen LogP contribution < -0.4 is 10.7 Å². The molecule has 9 heteroatoms. The number of β-amino-alcohol motifs (C(OH)–C–C–N with tert-alkyl or cyclic N) is 1. The number of nitrogens with one attached hydrogen (secondary N) is 3. The zero-order chi connectivity index (χ0) is 25.1. The van der Waals surface area contributed by atoms with Gasteiger partial charge >= 0.3 is 0 Å². The van der Waals surface area contributed by atoms with Crippen molar-refractivity contribution in [3.8, 4) is 11.4 Å². The minimum atomic E-state index is -0.445. The van der Waals surface area contributed by atoms with Crippen LogP contribution in [0.2, 0.25) is 0 Å². The van der Waals surface area contributed by atoms with Crippen LogP contribution >= 0.6 is 0 Å². The molecule has 1 atom stereocenters. The third-order valence-corrected chi connectivity index (χ3v) is 6.20. The molecule has 1 amide bonds. The SMILES string of the molecule is C=NN/C=C(\C)c1ccc(Nc2ccnc(-c3ccc4cc(C(=O)N5CCC(O)C5)[nH]c4c3)n2)cc1. The Kier molecular flexibility index (Phi) is 6.46. The zero-order valence-electron chi connectivity index (χ0n) is 19.9. The van der Waals surface area contributed by atoms with E-state index in [4.69, 9.17) is 0 Å². The largest absolute Gasteiger partial charge is 0.391 e. The number of aromatic amines is 1. The third kappa shape index (κ3) is 4.96. The number of hydrogen-bond acceptors (Lipinski definition) is 7. The smallest absolute Gasteiger partial charge is 0.270 e. The molecule has 0 bridgehead atoms. The number of hydrogen-bond donors (Lipinski definition) is 4. The van der Waals surface area contributed by atoms with Gasteiger partial charge in [-0.25, -0.2) is 9.97 Å². The van der Waals surface area contributed by atoms with Crippen molar-refractivity contribution in [3.63, 3.8) is 0 Å². The number of carbonyl (C=O) groups is 1. The molecule has 1 fully saturated rings. The summed E-state index contributed by atoms with van der Waals surface area (Å²) in [5, 5.41) is 17.6. The lowest BCUT2D eigenvalue weighted by Crippen LogP contribution is -2.29.